The summed E-state index contributed by atoms with van der Waals surface area (Å²) in [4.78, 5) is 21.4. The van der Waals surface area contributed by atoms with Crippen molar-refractivity contribution in [1.29, 1.82) is 5.26 Å². The first-order valence-corrected chi connectivity index (χ1v) is 12.9. The van der Waals surface area contributed by atoms with Crippen molar-refractivity contribution in [3.05, 3.63) is 53.4 Å². The molecular formula is C29H32N6O. The zero-order chi connectivity index (χ0) is 25.2. The number of fused-ring (bicyclic) bond motifs is 2. The minimum absolute atomic E-state index is 0.00172. The third kappa shape index (κ3) is 3.35. The van der Waals surface area contributed by atoms with Crippen LogP contribution in [0, 0.1) is 35.5 Å². The van der Waals surface area contributed by atoms with Crippen molar-refractivity contribution >= 4 is 22.6 Å². The first-order chi connectivity index (χ1) is 17.3. The number of amides is 1. The van der Waals surface area contributed by atoms with E-state index in [1.54, 1.807) is 0 Å². The van der Waals surface area contributed by atoms with E-state index >= 15 is 0 Å². The minimum Gasteiger partial charge on any atom is -0.355 e. The van der Waals surface area contributed by atoms with Crippen molar-refractivity contribution in [2.75, 3.05) is 31.1 Å². The van der Waals surface area contributed by atoms with Gasteiger partial charge in [-0.1, -0.05) is 26.5 Å². The van der Waals surface area contributed by atoms with Crippen LogP contribution in [0.2, 0.25) is 0 Å². The lowest BCUT2D eigenvalue weighted by atomic mass is 9.79. The number of nitrogens with one attached hydrogen (secondary N) is 1. The quantitative estimate of drug-likeness (QED) is 0.559. The molecule has 1 N–H and O–H groups in total. The number of nitrogens with zero attached hydrogens (tertiary/aromatic N) is 5. The van der Waals surface area contributed by atoms with Gasteiger partial charge < -0.3 is 9.80 Å². The monoisotopic (exact) mass is 480 g/mol. The zero-order valence-electron chi connectivity index (χ0n) is 21.3. The second-order valence-electron chi connectivity index (χ2n) is 11.3. The number of hydrogen-bond donors (Lipinski definition) is 1. The largest absolute Gasteiger partial charge is 0.355 e. The van der Waals surface area contributed by atoms with E-state index in [1.165, 1.54) is 11.6 Å². The molecule has 1 aliphatic carbocycles. The predicted octanol–water partition coefficient (Wildman–Crippen LogP) is 4.40. The van der Waals surface area contributed by atoms with Gasteiger partial charge in [-0.3, -0.25) is 9.89 Å². The Morgan fingerprint density at radius 3 is 2.81 bits per heavy atom. The number of likely N-dealkylation sites (tertiary alicyclic amines) is 1. The van der Waals surface area contributed by atoms with Crippen LogP contribution in [0.1, 0.15) is 42.7 Å². The van der Waals surface area contributed by atoms with E-state index in [9.17, 15) is 10.1 Å². The van der Waals surface area contributed by atoms with Gasteiger partial charge in [-0.15, -0.1) is 0 Å². The minimum atomic E-state index is -0.00172. The molecule has 0 radical (unpaired) electrons. The molecule has 2 aromatic heterocycles. The predicted molar refractivity (Wildman–Crippen MR) is 141 cm³/mol. The molecule has 2 aliphatic heterocycles. The highest BCUT2D eigenvalue weighted by atomic mass is 16.2. The van der Waals surface area contributed by atoms with Crippen molar-refractivity contribution in [2.45, 2.75) is 40.0 Å². The molecular weight excluding hydrogens is 448 g/mol. The third-order valence-electron chi connectivity index (χ3n) is 8.70. The van der Waals surface area contributed by atoms with Crippen molar-refractivity contribution < 1.29 is 4.79 Å². The highest BCUT2D eigenvalue weighted by Gasteiger charge is 2.49. The van der Waals surface area contributed by atoms with Gasteiger partial charge in [-0.2, -0.15) is 10.4 Å². The first-order valence-electron chi connectivity index (χ1n) is 12.9. The van der Waals surface area contributed by atoms with E-state index in [0.29, 0.717) is 17.4 Å². The zero-order valence-corrected chi connectivity index (χ0v) is 21.3. The summed E-state index contributed by atoms with van der Waals surface area (Å²) in [6, 6.07) is 6.76. The number of hydrogen-bond acceptors (Lipinski definition) is 5. The van der Waals surface area contributed by atoms with E-state index in [0.717, 1.165) is 84.5 Å². The van der Waals surface area contributed by atoms with Crippen LogP contribution in [0.5, 0.6) is 0 Å². The topological polar surface area (TPSA) is 88.9 Å². The number of aromatic amines is 1. The number of benzene rings is 1. The highest BCUT2D eigenvalue weighted by Crippen LogP contribution is 2.47. The Balaban J connectivity index is 1.48. The van der Waals surface area contributed by atoms with Gasteiger partial charge in [-0.25, -0.2) is 4.98 Å². The third-order valence-corrected chi connectivity index (χ3v) is 8.70. The average Bonchev–Trinajstić information content (AvgIpc) is 3.59. The summed E-state index contributed by atoms with van der Waals surface area (Å²) in [6.07, 6.45) is 6.16. The Labute approximate surface area is 211 Å². The molecule has 2 saturated heterocycles. The Bertz CT molecular complexity index is 1440. The number of nitriles is 1. The van der Waals surface area contributed by atoms with E-state index in [1.807, 2.05) is 11.1 Å². The number of H-pyrrole nitrogens is 1. The number of aryl methyl sites for hydroxylation is 1. The number of anilines is 1. The molecule has 7 nitrogen and oxygen atoms in total. The molecule has 7 heteroatoms. The Morgan fingerprint density at radius 1 is 1.28 bits per heavy atom. The molecule has 3 aromatic rings. The second-order valence-corrected chi connectivity index (χ2v) is 11.3. The Morgan fingerprint density at radius 2 is 2.08 bits per heavy atom. The lowest BCUT2D eigenvalue weighted by molar-refractivity contribution is -0.136. The van der Waals surface area contributed by atoms with Gasteiger partial charge in [0, 0.05) is 48.2 Å². The summed E-state index contributed by atoms with van der Waals surface area (Å²) in [5.41, 5.74) is 7.38. The number of aromatic nitrogens is 3. The highest BCUT2D eigenvalue weighted by molar-refractivity contribution is 5.99. The van der Waals surface area contributed by atoms with E-state index in [2.05, 4.69) is 60.6 Å². The van der Waals surface area contributed by atoms with Gasteiger partial charge in [0.05, 0.1) is 11.7 Å². The van der Waals surface area contributed by atoms with Crippen LogP contribution in [-0.2, 0) is 17.6 Å². The van der Waals surface area contributed by atoms with E-state index in [-0.39, 0.29) is 11.3 Å². The van der Waals surface area contributed by atoms with Gasteiger partial charge in [0.1, 0.15) is 17.5 Å². The van der Waals surface area contributed by atoms with E-state index in [4.69, 9.17) is 4.98 Å². The van der Waals surface area contributed by atoms with Crippen LogP contribution in [0.25, 0.3) is 22.0 Å². The molecule has 0 bridgehead atoms. The summed E-state index contributed by atoms with van der Waals surface area (Å²) in [5, 5.41) is 19.1. The average molecular weight is 481 g/mol. The Kier molecular flexibility index (Phi) is 5.18. The summed E-state index contributed by atoms with van der Waals surface area (Å²) in [6.45, 7) is 13.5. The standard InChI is InChI=1S/C29H32N6O/c1-5-25(36)35-15-29(16-35)8-9-34(14-29)28-21(12-30)27(20-10-19(17(2)3)11-24(20)32-28)26-18(4)6-7-23-22(26)13-31-33-23/h5-7,13,17,19H,1,8-11,14-16H2,2-4H3,(H,31,33)/t19-/m0/s1. The van der Waals surface area contributed by atoms with Crippen molar-refractivity contribution in [3.63, 3.8) is 0 Å². The van der Waals surface area contributed by atoms with Crippen LogP contribution in [-0.4, -0.2) is 52.2 Å². The molecule has 1 atom stereocenters. The number of rotatable bonds is 4. The normalized spacial score (nSPS) is 20.1. The molecule has 2 fully saturated rings. The summed E-state index contributed by atoms with van der Waals surface area (Å²) in [7, 11) is 0. The van der Waals surface area contributed by atoms with E-state index < -0.39 is 0 Å². The summed E-state index contributed by atoms with van der Waals surface area (Å²) in [5.74, 6) is 1.87. The van der Waals surface area contributed by atoms with Crippen LogP contribution in [0.3, 0.4) is 0 Å². The lowest BCUT2D eigenvalue weighted by Gasteiger charge is -2.47. The van der Waals surface area contributed by atoms with Gasteiger partial charge in [-0.05, 0) is 66.9 Å². The van der Waals surface area contributed by atoms with Gasteiger partial charge in [0.15, 0.2) is 0 Å². The van der Waals surface area contributed by atoms with Crippen LogP contribution in [0.15, 0.2) is 31.0 Å². The molecule has 0 saturated carbocycles. The number of carbonyl (C=O) groups is 1. The molecule has 6 rings (SSSR count). The maximum atomic E-state index is 12.0. The number of pyridine rings is 1. The van der Waals surface area contributed by atoms with Gasteiger partial charge >= 0.3 is 0 Å². The maximum Gasteiger partial charge on any atom is 0.245 e. The number of carbonyl (C=O) groups excluding carboxylic acids is 1. The second kappa shape index (κ2) is 8.19. The fourth-order valence-electron chi connectivity index (χ4n) is 6.59. The molecule has 4 heterocycles. The van der Waals surface area contributed by atoms with Crippen LogP contribution in [0.4, 0.5) is 5.82 Å². The van der Waals surface area contributed by atoms with Gasteiger partial charge in [0.2, 0.25) is 5.91 Å². The lowest BCUT2D eigenvalue weighted by Crippen LogP contribution is -2.59. The molecule has 1 amide bonds. The fourth-order valence-corrected chi connectivity index (χ4v) is 6.59. The molecule has 0 unspecified atom stereocenters. The molecule has 3 aliphatic rings. The molecule has 184 valence electrons. The van der Waals surface area contributed by atoms with Crippen LogP contribution >= 0.6 is 0 Å². The summed E-state index contributed by atoms with van der Waals surface area (Å²) >= 11 is 0. The fraction of sp³-hybridized carbons (Fsp3) is 0.448. The first kappa shape index (κ1) is 22.8. The Hall–Kier alpha value is -3.66. The van der Waals surface area contributed by atoms with Gasteiger partial charge in [0.25, 0.3) is 0 Å². The molecule has 36 heavy (non-hydrogen) atoms. The molecule has 1 aromatic carbocycles. The van der Waals surface area contributed by atoms with Crippen molar-refractivity contribution in [2.24, 2.45) is 17.3 Å². The maximum absolute atomic E-state index is 12.0. The summed E-state index contributed by atoms with van der Waals surface area (Å²) < 4.78 is 0. The smallest absolute Gasteiger partial charge is 0.245 e. The van der Waals surface area contributed by atoms with Crippen molar-refractivity contribution in [1.82, 2.24) is 20.1 Å². The SMILES string of the molecule is C=CC(=O)N1CC2(CCN(c3nc4c(c(-c5c(C)ccc6[nH]ncc56)c3C#N)C[C@H](C(C)C)C4)C2)C1. The van der Waals surface area contributed by atoms with Crippen LogP contribution < -0.4 is 4.90 Å². The van der Waals surface area contributed by atoms with Crippen molar-refractivity contribution in [3.8, 4) is 17.2 Å². The molecule has 1 spiro atoms.